The van der Waals surface area contributed by atoms with Gasteiger partial charge in [0, 0.05) is 26.4 Å². The Morgan fingerprint density at radius 2 is 2.00 bits per heavy atom. The van der Waals surface area contributed by atoms with Gasteiger partial charge >= 0.3 is 6.18 Å². The zero-order valence-corrected chi connectivity index (χ0v) is 18.9. The number of likely N-dealkylation sites (N-methyl/N-ethyl adjacent to an activating group) is 1. The van der Waals surface area contributed by atoms with Crippen LogP contribution in [0.4, 0.5) is 18.9 Å². The van der Waals surface area contributed by atoms with Crippen molar-refractivity contribution in [3.63, 3.8) is 0 Å². The van der Waals surface area contributed by atoms with E-state index in [1.165, 1.54) is 23.1 Å². The summed E-state index contributed by atoms with van der Waals surface area (Å²) in [6, 6.07) is 3.79. The van der Waals surface area contributed by atoms with Crippen molar-refractivity contribution in [1.82, 2.24) is 10.2 Å². The minimum Gasteiger partial charge on any atom is -0.490 e. The Morgan fingerprint density at radius 3 is 2.71 bits per heavy atom. The molecular formula is C22H28F3N3O6. The molecule has 9 nitrogen and oxygen atoms in total. The molecular weight excluding hydrogens is 459 g/mol. The summed E-state index contributed by atoms with van der Waals surface area (Å²) in [4.78, 5) is 38.4. The lowest BCUT2D eigenvalue weighted by Gasteiger charge is -2.42. The van der Waals surface area contributed by atoms with Gasteiger partial charge in [0.2, 0.25) is 11.8 Å². The highest BCUT2D eigenvalue weighted by atomic mass is 19.4. The van der Waals surface area contributed by atoms with Crippen LogP contribution in [-0.2, 0) is 19.1 Å². The monoisotopic (exact) mass is 487 g/mol. The number of alkyl halides is 3. The maximum Gasteiger partial charge on any atom is 0.397 e. The van der Waals surface area contributed by atoms with Gasteiger partial charge in [-0.1, -0.05) is 0 Å². The van der Waals surface area contributed by atoms with E-state index in [-0.39, 0.29) is 48.1 Å². The van der Waals surface area contributed by atoms with E-state index in [0.717, 1.165) is 0 Å². The van der Waals surface area contributed by atoms with Crippen LogP contribution >= 0.6 is 0 Å². The number of benzene rings is 1. The van der Waals surface area contributed by atoms with Crippen molar-refractivity contribution in [3.8, 4) is 5.75 Å². The Morgan fingerprint density at radius 1 is 1.24 bits per heavy atom. The second-order valence-corrected chi connectivity index (χ2v) is 8.27. The van der Waals surface area contributed by atoms with E-state index < -0.39 is 30.5 Å². The highest BCUT2D eigenvalue weighted by Gasteiger charge is 2.39. The Balaban J connectivity index is 1.67. The van der Waals surface area contributed by atoms with Crippen molar-refractivity contribution < 1.29 is 41.8 Å². The zero-order chi connectivity index (χ0) is 24.9. The van der Waals surface area contributed by atoms with Gasteiger partial charge in [-0.15, -0.1) is 0 Å². The van der Waals surface area contributed by atoms with Crippen molar-refractivity contribution in [3.05, 3.63) is 23.8 Å². The van der Waals surface area contributed by atoms with E-state index in [2.05, 4.69) is 10.6 Å². The molecule has 0 bridgehead atoms. The lowest BCUT2D eigenvalue weighted by atomic mass is 9.94. The summed E-state index contributed by atoms with van der Waals surface area (Å²) in [7, 11) is 3.16. The molecule has 2 aliphatic heterocycles. The van der Waals surface area contributed by atoms with Gasteiger partial charge < -0.3 is 29.7 Å². The van der Waals surface area contributed by atoms with Crippen LogP contribution in [0.3, 0.4) is 0 Å². The standard InChI is InChI=1S/C22H28F3N3O6/c1-28-16-5-4-14(10-19(29)26-7-8-32-2)34-18(16)12-33-17-6-3-13(9-15(17)21(28)31)27-20(30)11-22(23,24)25/h3,6,9,14,16,18H,4-5,7-8,10-12H2,1-2H3,(H,26,29)(H,27,30)/t14-,16+,18-/m1/s1. The number of hydrogen-bond acceptors (Lipinski definition) is 6. The third kappa shape index (κ3) is 6.83. The first-order valence-corrected chi connectivity index (χ1v) is 10.9. The van der Waals surface area contributed by atoms with Crippen molar-refractivity contribution in [2.75, 3.05) is 39.2 Å². The average molecular weight is 487 g/mol. The van der Waals surface area contributed by atoms with Crippen LogP contribution in [0.25, 0.3) is 0 Å². The molecule has 3 atom stereocenters. The van der Waals surface area contributed by atoms with Gasteiger partial charge in [-0.25, -0.2) is 0 Å². The van der Waals surface area contributed by atoms with Crippen molar-refractivity contribution in [2.24, 2.45) is 0 Å². The summed E-state index contributed by atoms with van der Waals surface area (Å²) in [5, 5.41) is 4.92. The molecule has 0 spiro atoms. The molecule has 1 aromatic rings. The Hall–Kier alpha value is -2.86. The summed E-state index contributed by atoms with van der Waals surface area (Å²) in [6.45, 7) is 0.941. The van der Waals surface area contributed by atoms with Gasteiger partial charge in [0.05, 0.1) is 30.7 Å². The fourth-order valence-corrected chi connectivity index (χ4v) is 4.06. The number of halogens is 3. The highest BCUT2D eigenvalue weighted by molar-refractivity contribution is 5.99. The van der Waals surface area contributed by atoms with Gasteiger partial charge in [-0.2, -0.15) is 13.2 Å². The number of amides is 3. The van der Waals surface area contributed by atoms with Crippen LogP contribution in [0.15, 0.2) is 18.2 Å². The van der Waals surface area contributed by atoms with Crippen molar-refractivity contribution in [1.29, 1.82) is 0 Å². The minimum atomic E-state index is -4.63. The van der Waals surface area contributed by atoms with Crippen LogP contribution in [-0.4, -0.2) is 81.0 Å². The molecule has 1 fully saturated rings. The summed E-state index contributed by atoms with van der Waals surface area (Å²) in [6.07, 6.45) is -5.70. The van der Waals surface area contributed by atoms with Crippen LogP contribution in [0.1, 0.15) is 36.0 Å². The highest BCUT2D eigenvalue weighted by Crippen LogP contribution is 2.32. The molecule has 3 amide bonds. The second-order valence-electron chi connectivity index (χ2n) is 8.27. The lowest BCUT2D eigenvalue weighted by molar-refractivity contribution is -0.150. The normalized spacial score (nSPS) is 22.6. The zero-order valence-electron chi connectivity index (χ0n) is 18.9. The van der Waals surface area contributed by atoms with Gasteiger partial charge in [0.25, 0.3) is 5.91 Å². The quantitative estimate of drug-likeness (QED) is 0.571. The molecule has 1 aromatic carbocycles. The molecule has 34 heavy (non-hydrogen) atoms. The number of fused-ring (bicyclic) bond motifs is 2. The molecule has 12 heteroatoms. The number of carbonyl (C=O) groups is 3. The fourth-order valence-electron chi connectivity index (χ4n) is 4.06. The largest absolute Gasteiger partial charge is 0.490 e. The fraction of sp³-hybridized carbons (Fsp3) is 0.591. The third-order valence-corrected chi connectivity index (χ3v) is 5.70. The molecule has 2 aliphatic rings. The molecule has 2 heterocycles. The molecule has 1 saturated heterocycles. The van der Waals surface area contributed by atoms with Crippen molar-refractivity contribution in [2.45, 2.75) is 50.1 Å². The Kier molecular flexibility index (Phi) is 8.37. The predicted octanol–water partition coefficient (Wildman–Crippen LogP) is 2.11. The third-order valence-electron chi connectivity index (χ3n) is 5.70. The molecule has 0 aliphatic carbocycles. The first-order valence-electron chi connectivity index (χ1n) is 10.9. The van der Waals surface area contributed by atoms with Crippen LogP contribution in [0.5, 0.6) is 5.75 Å². The second kappa shape index (κ2) is 11.0. The SMILES string of the molecule is COCCNC(=O)C[C@H]1CC[C@H]2[C@@H](COc3ccc(NC(=O)CC(F)(F)F)cc3C(=O)N2C)O1. The topological polar surface area (TPSA) is 106 Å². The number of anilines is 1. The summed E-state index contributed by atoms with van der Waals surface area (Å²) in [5.74, 6) is -1.55. The number of rotatable bonds is 7. The number of hydrogen-bond donors (Lipinski definition) is 2. The number of nitrogens with one attached hydrogen (secondary N) is 2. The Labute approximate surface area is 194 Å². The van der Waals surface area contributed by atoms with Crippen LogP contribution in [0, 0.1) is 0 Å². The van der Waals surface area contributed by atoms with Gasteiger partial charge in [-0.05, 0) is 31.0 Å². The lowest BCUT2D eigenvalue weighted by Crippen LogP contribution is -2.54. The average Bonchev–Trinajstić information content (AvgIpc) is 2.75. The Bertz CT molecular complexity index is 910. The van der Waals surface area contributed by atoms with E-state index in [1.54, 1.807) is 14.2 Å². The first-order chi connectivity index (χ1) is 16.1. The molecule has 0 radical (unpaired) electrons. The van der Waals surface area contributed by atoms with E-state index in [4.69, 9.17) is 14.2 Å². The van der Waals surface area contributed by atoms with Gasteiger partial charge in [-0.3, -0.25) is 14.4 Å². The number of nitrogens with zero attached hydrogens (tertiary/aromatic N) is 1. The predicted molar refractivity (Wildman–Crippen MR) is 115 cm³/mol. The van der Waals surface area contributed by atoms with Gasteiger partial charge in [0.15, 0.2) is 0 Å². The van der Waals surface area contributed by atoms with E-state index in [0.29, 0.717) is 26.0 Å². The molecule has 0 unspecified atom stereocenters. The maximum absolute atomic E-state index is 13.1. The van der Waals surface area contributed by atoms with E-state index >= 15 is 0 Å². The molecule has 2 N–H and O–H groups in total. The van der Waals surface area contributed by atoms with Crippen LogP contribution in [0.2, 0.25) is 0 Å². The van der Waals surface area contributed by atoms with Gasteiger partial charge in [0.1, 0.15) is 24.9 Å². The summed E-state index contributed by atoms with van der Waals surface area (Å²) < 4.78 is 54.1. The molecule has 0 aromatic heterocycles. The summed E-state index contributed by atoms with van der Waals surface area (Å²) in [5.41, 5.74) is 0.195. The smallest absolute Gasteiger partial charge is 0.397 e. The minimum absolute atomic E-state index is 0.0647. The molecule has 188 valence electrons. The summed E-state index contributed by atoms with van der Waals surface area (Å²) >= 11 is 0. The molecule has 3 rings (SSSR count). The van der Waals surface area contributed by atoms with E-state index in [1.807, 2.05) is 0 Å². The number of ether oxygens (including phenoxy) is 3. The van der Waals surface area contributed by atoms with E-state index in [9.17, 15) is 27.6 Å². The van der Waals surface area contributed by atoms with Crippen LogP contribution < -0.4 is 15.4 Å². The number of methoxy groups -OCH3 is 1. The number of carbonyl (C=O) groups excluding carboxylic acids is 3. The maximum atomic E-state index is 13.1. The molecule has 0 saturated carbocycles. The first kappa shape index (κ1) is 25.8. The van der Waals surface area contributed by atoms with Crippen molar-refractivity contribution >= 4 is 23.4 Å².